The Morgan fingerprint density at radius 1 is 1.30 bits per heavy atom. The minimum absolute atomic E-state index is 0.213. The topological polar surface area (TPSA) is 58.6 Å². The summed E-state index contributed by atoms with van der Waals surface area (Å²) in [4.78, 5) is 26.5. The van der Waals surface area contributed by atoms with Gasteiger partial charge in [-0.05, 0) is 42.7 Å². The zero-order valence-corrected chi connectivity index (χ0v) is 17.6. The van der Waals surface area contributed by atoms with Crippen molar-refractivity contribution in [2.75, 3.05) is 23.3 Å². The first-order valence-electron chi connectivity index (χ1n) is 8.69. The molecule has 4 rings (SSSR count). The van der Waals surface area contributed by atoms with Crippen LogP contribution in [0.3, 0.4) is 0 Å². The summed E-state index contributed by atoms with van der Waals surface area (Å²) in [6.45, 7) is 0.675. The summed E-state index contributed by atoms with van der Waals surface area (Å²) in [6, 6.07) is 11.5. The van der Waals surface area contributed by atoms with E-state index in [2.05, 4.69) is 33.4 Å². The van der Waals surface area contributed by atoms with Gasteiger partial charge in [0.25, 0.3) is 5.91 Å². The molecule has 0 bridgehead atoms. The normalized spacial score (nSPS) is 20.4. The number of thiophene rings is 1. The third-order valence-corrected chi connectivity index (χ3v) is 7.37. The molecule has 2 heterocycles. The lowest BCUT2D eigenvalue weighted by Crippen LogP contribution is -2.34. The number of benzene rings is 1. The molecule has 1 aliphatic heterocycles. The number of carbonyl (C=O) groups excluding carboxylic acids is 2. The molecular weight excluding hydrogens is 452 g/mol. The van der Waals surface area contributed by atoms with E-state index in [0.717, 1.165) is 11.0 Å². The smallest absolute Gasteiger partial charge is 0.414 e. The highest BCUT2D eigenvalue weighted by molar-refractivity contribution is 9.09. The molecule has 0 spiro atoms. The van der Waals surface area contributed by atoms with Crippen LogP contribution in [0.5, 0.6) is 0 Å². The number of carbonyl (C=O) groups is 2. The van der Waals surface area contributed by atoms with Gasteiger partial charge in [-0.25, -0.2) is 4.79 Å². The van der Waals surface area contributed by atoms with E-state index in [4.69, 9.17) is 16.3 Å². The summed E-state index contributed by atoms with van der Waals surface area (Å²) < 4.78 is 5.96. The summed E-state index contributed by atoms with van der Waals surface area (Å²) in [7, 11) is 0. The van der Waals surface area contributed by atoms with E-state index in [9.17, 15) is 9.59 Å². The highest BCUT2D eigenvalue weighted by atomic mass is 79.9. The largest absolute Gasteiger partial charge is 0.442 e. The van der Waals surface area contributed by atoms with Crippen molar-refractivity contribution in [3.63, 3.8) is 0 Å². The maximum absolute atomic E-state index is 12.2. The number of nitrogens with zero attached hydrogens (tertiary/aromatic N) is 1. The van der Waals surface area contributed by atoms with Gasteiger partial charge in [0.1, 0.15) is 6.10 Å². The number of anilines is 1. The van der Waals surface area contributed by atoms with Crippen LogP contribution in [-0.2, 0) is 10.2 Å². The molecule has 1 aromatic heterocycles. The number of ether oxygens (including phenoxy) is 1. The van der Waals surface area contributed by atoms with Crippen LogP contribution >= 0.6 is 38.9 Å². The van der Waals surface area contributed by atoms with Crippen LogP contribution < -0.4 is 10.2 Å². The molecule has 1 atom stereocenters. The second-order valence-corrected chi connectivity index (χ2v) is 9.17. The van der Waals surface area contributed by atoms with Crippen LogP contribution in [0.4, 0.5) is 10.5 Å². The average molecular weight is 470 g/mol. The Labute approximate surface area is 174 Å². The summed E-state index contributed by atoms with van der Waals surface area (Å²) in [6.07, 6.45) is 1.62. The van der Waals surface area contributed by atoms with E-state index in [0.29, 0.717) is 15.8 Å². The first-order chi connectivity index (χ1) is 13.0. The predicted molar refractivity (Wildman–Crippen MR) is 110 cm³/mol. The van der Waals surface area contributed by atoms with Gasteiger partial charge in [0, 0.05) is 16.4 Å². The van der Waals surface area contributed by atoms with Gasteiger partial charge in [0.15, 0.2) is 0 Å². The quantitative estimate of drug-likeness (QED) is 0.630. The zero-order chi connectivity index (χ0) is 19.0. The Balaban J connectivity index is 1.35. The summed E-state index contributed by atoms with van der Waals surface area (Å²) >= 11 is 10.7. The SMILES string of the molecule is O=C(NCC1CN(c2ccc(C3(CBr)CC3)cc2)C(=O)O1)c1ccc(Cl)s1. The van der Waals surface area contributed by atoms with Crippen LogP contribution in [0.2, 0.25) is 4.34 Å². The predicted octanol–water partition coefficient (Wildman–Crippen LogP) is 4.58. The molecule has 1 saturated carbocycles. The molecular formula is C19H18BrClN2O3S. The Kier molecular flexibility index (Phi) is 5.18. The van der Waals surface area contributed by atoms with Crippen molar-refractivity contribution >= 4 is 56.6 Å². The van der Waals surface area contributed by atoms with Gasteiger partial charge < -0.3 is 10.1 Å². The van der Waals surface area contributed by atoms with Crippen molar-refractivity contribution in [3.8, 4) is 0 Å². The van der Waals surface area contributed by atoms with Crippen molar-refractivity contribution in [1.29, 1.82) is 0 Å². The fraction of sp³-hybridized carbons (Fsp3) is 0.368. The molecule has 1 aromatic carbocycles. The van der Waals surface area contributed by atoms with Crippen LogP contribution in [0, 0.1) is 0 Å². The van der Waals surface area contributed by atoms with E-state index in [-0.39, 0.29) is 30.1 Å². The van der Waals surface area contributed by atoms with E-state index in [1.54, 1.807) is 17.0 Å². The van der Waals surface area contributed by atoms with Gasteiger partial charge in [-0.15, -0.1) is 11.3 Å². The second-order valence-electron chi connectivity index (χ2n) is 6.89. The number of alkyl halides is 1. The van der Waals surface area contributed by atoms with Gasteiger partial charge in [-0.3, -0.25) is 9.69 Å². The summed E-state index contributed by atoms with van der Waals surface area (Å²) in [5.41, 5.74) is 2.38. The van der Waals surface area contributed by atoms with Crippen molar-refractivity contribution in [2.24, 2.45) is 0 Å². The molecule has 1 aliphatic carbocycles. The van der Waals surface area contributed by atoms with Crippen LogP contribution in [-0.4, -0.2) is 36.5 Å². The van der Waals surface area contributed by atoms with Gasteiger partial charge in [0.05, 0.1) is 22.3 Å². The van der Waals surface area contributed by atoms with Crippen molar-refractivity contribution in [2.45, 2.75) is 24.4 Å². The van der Waals surface area contributed by atoms with Crippen molar-refractivity contribution in [3.05, 3.63) is 51.2 Å². The number of cyclic esters (lactones) is 1. The highest BCUT2D eigenvalue weighted by Crippen LogP contribution is 2.49. The lowest BCUT2D eigenvalue weighted by molar-refractivity contribution is 0.0920. The number of hydrogen-bond donors (Lipinski definition) is 1. The number of hydrogen-bond acceptors (Lipinski definition) is 4. The standard InChI is InChI=1S/C19H18BrClN2O3S/c20-11-19(7-8-19)12-1-3-13(4-2-12)23-10-14(26-18(23)25)9-22-17(24)15-5-6-16(21)27-15/h1-6,14H,7-11H2,(H,22,24). The Hall–Kier alpha value is -1.57. The van der Waals surface area contributed by atoms with E-state index >= 15 is 0 Å². The van der Waals surface area contributed by atoms with Gasteiger partial charge >= 0.3 is 6.09 Å². The highest BCUT2D eigenvalue weighted by Gasteiger charge is 2.43. The van der Waals surface area contributed by atoms with Gasteiger partial charge in [-0.1, -0.05) is 39.7 Å². The summed E-state index contributed by atoms with van der Waals surface area (Å²) in [5.74, 6) is -0.213. The third kappa shape index (κ3) is 3.86. The molecule has 8 heteroatoms. The van der Waals surface area contributed by atoms with Gasteiger partial charge in [-0.2, -0.15) is 0 Å². The molecule has 5 nitrogen and oxygen atoms in total. The molecule has 1 unspecified atom stereocenters. The third-order valence-electron chi connectivity index (χ3n) is 5.06. The fourth-order valence-corrected chi connectivity index (χ4v) is 5.06. The molecule has 1 N–H and O–H groups in total. The maximum atomic E-state index is 12.2. The summed E-state index contributed by atoms with van der Waals surface area (Å²) in [5, 5.41) is 3.76. The minimum Gasteiger partial charge on any atom is -0.442 e. The van der Waals surface area contributed by atoms with Crippen molar-refractivity contribution in [1.82, 2.24) is 5.32 Å². The molecule has 2 aliphatic rings. The lowest BCUT2D eigenvalue weighted by Gasteiger charge is -2.16. The monoisotopic (exact) mass is 468 g/mol. The molecule has 27 heavy (non-hydrogen) atoms. The molecule has 1 saturated heterocycles. The van der Waals surface area contributed by atoms with E-state index in [1.807, 2.05) is 12.1 Å². The number of rotatable bonds is 6. The molecule has 2 amide bonds. The first kappa shape index (κ1) is 18.8. The number of amides is 2. The Morgan fingerprint density at radius 3 is 2.63 bits per heavy atom. The van der Waals surface area contributed by atoms with E-state index < -0.39 is 0 Å². The second kappa shape index (κ2) is 7.45. The molecule has 2 aromatic rings. The molecule has 0 radical (unpaired) electrons. The Morgan fingerprint density at radius 2 is 2.04 bits per heavy atom. The zero-order valence-electron chi connectivity index (χ0n) is 14.4. The minimum atomic E-state index is -0.386. The first-order valence-corrected chi connectivity index (χ1v) is 11.0. The fourth-order valence-electron chi connectivity index (χ4n) is 3.21. The van der Waals surface area contributed by atoms with Crippen LogP contribution in [0.15, 0.2) is 36.4 Å². The Bertz CT molecular complexity index is 866. The number of nitrogens with one attached hydrogen (secondary N) is 1. The average Bonchev–Trinajstić information content (AvgIpc) is 3.22. The number of halogens is 2. The molecule has 142 valence electrons. The van der Waals surface area contributed by atoms with Crippen molar-refractivity contribution < 1.29 is 14.3 Å². The van der Waals surface area contributed by atoms with E-state index in [1.165, 1.54) is 29.7 Å². The van der Waals surface area contributed by atoms with Crippen LogP contribution in [0.25, 0.3) is 0 Å². The van der Waals surface area contributed by atoms with Crippen LogP contribution in [0.1, 0.15) is 28.1 Å². The van der Waals surface area contributed by atoms with Gasteiger partial charge in [0.2, 0.25) is 0 Å². The maximum Gasteiger partial charge on any atom is 0.414 e. The lowest BCUT2D eigenvalue weighted by atomic mass is 9.98. The molecule has 2 fully saturated rings.